The standard InChI is InChI=1S/C15H18ClFO2/c1-10(17)13-11(6-5-7-12(13)16)15(14(18)19)8-3-2-4-9-15/h5-7,10H,2-4,8-9H2,1H3,(H,18,19). The zero-order chi connectivity index (χ0) is 14.0. The summed E-state index contributed by atoms with van der Waals surface area (Å²) in [5, 5.41) is 9.99. The Morgan fingerprint density at radius 3 is 2.53 bits per heavy atom. The second kappa shape index (κ2) is 5.49. The van der Waals surface area contributed by atoms with Gasteiger partial charge in [0.25, 0.3) is 0 Å². The van der Waals surface area contributed by atoms with Crippen LogP contribution in [-0.4, -0.2) is 11.1 Å². The molecule has 1 fully saturated rings. The van der Waals surface area contributed by atoms with Gasteiger partial charge in [0.15, 0.2) is 0 Å². The van der Waals surface area contributed by atoms with Crippen LogP contribution in [0.3, 0.4) is 0 Å². The lowest BCUT2D eigenvalue weighted by Gasteiger charge is -2.35. The highest BCUT2D eigenvalue weighted by Crippen LogP contribution is 2.44. The van der Waals surface area contributed by atoms with Crippen LogP contribution < -0.4 is 0 Å². The molecule has 1 aliphatic carbocycles. The predicted molar refractivity (Wildman–Crippen MR) is 73.4 cm³/mol. The Balaban J connectivity index is 2.60. The van der Waals surface area contributed by atoms with Gasteiger partial charge in [-0.2, -0.15) is 0 Å². The molecular weight excluding hydrogens is 267 g/mol. The van der Waals surface area contributed by atoms with Gasteiger partial charge in [-0.3, -0.25) is 4.79 Å². The molecule has 0 bridgehead atoms. The van der Waals surface area contributed by atoms with Crippen LogP contribution in [0.1, 0.15) is 56.3 Å². The van der Waals surface area contributed by atoms with E-state index in [1.807, 2.05) is 0 Å². The minimum atomic E-state index is -1.26. The molecule has 1 aromatic rings. The fourth-order valence-corrected chi connectivity index (χ4v) is 3.44. The first-order valence-corrected chi connectivity index (χ1v) is 7.03. The maximum absolute atomic E-state index is 13.9. The van der Waals surface area contributed by atoms with Crippen LogP contribution in [0.5, 0.6) is 0 Å². The molecule has 0 aromatic heterocycles. The number of hydrogen-bond acceptors (Lipinski definition) is 1. The summed E-state index contributed by atoms with van der Waals surface area (Å²) in [6.45, 7) is 1.41. The lowest BCUT2D eigenvalue weighted by molar-refractivity contribution is -0.145. The molecule has 19 heavy (non-hydrogen) atoms. The van der Waals surface area contributed by atoms with Crippen molar-refractivity contribution < 1.29 is 14.3 Å². The van der Waals surface area contributed by atoms with Gasteiger partial charge in [0.05, 0.1) is 5.41 Å². The third kappa shape index (κ3) is 2.48. The molecule has 1 aromatic carbocycles. The Hall–Kier alpha value is -1.09. The molecule has 1 atom stereocenters. The van der Waals surface area contributed by atoms with Gasteiger partial charge >= 0.3 is 5.97 Å². The van der Waals surface area contributed by atoms with Crippen molar-refractivity contribution in [2.24, 2.45) is 0 Å². The maximum Gasteiger partial charge on any atom is 0.314 e. The van der Waals surface area contributed by atoms with Gasteiger partial charge < -0.3 is 5.11 Å². The first kappa shape index (κ1) is 14.3. The summed E-state index contributed by atoms with van der Waals surface area (Å²) in [5.74, 6) is -0.864. The molecule has 2 rings (SSSR count). The van der Waals surface area contributed by atoms with Crippen LogP contribution in [0.2, 0.25) is 5.02 Å². The second-order valence-electron chi connectivity index (χ2n) is 5.26. The van der Waals surface area contributed by atoms with Gasteiger partial charge in [-0.05, 0) is 31.4 Å². The summed E-state index contributed by atoms with van der Waals surface area (Å²) < 4.78 is 13.9. The van der Waals surface area contributed by atoms with E-state index in [4.69, 9.17) is 11.6 Å². The van der Waals surface area contributed by atoms with E-state index < -0.39 is 17.6 Å². The number of benzene rings is 1. The molecule has 1 N–H and O–H groups in total. The average molecular weight is 285 g/mol. The van der Waals surface area contributed by atoms with E-state index >= 15 is 0 Å². The van der Waals surface area contributed by atoms with Gasteiger partial charge in [-0.1, -0.05) is 43.0 Å². The van der Waals surface area contributed by atoms with E-state index in [0.717, 1.165) is 19.3 Å². The first-order valence-electron chi connectivity index (χ1n) is 6.65. The lowest BCUT2D eigenvalue weighted by atomic mass is 9.68. The molecule has 2 nitrogen and oxygen atoms in total. The van der Waals surface area contributed by atoms with Gasteiger partial charge in [-0.25, -0.2) is 4.39 Å². The van der Waals surface area contributed by atoms with Gasteiger partial charge in [0.2, 0.25) is 0 Å². The van der Waals surface area contributed by atoms with E-state index in [0.29, 0.717) is 29.0 Å². The smallest absolute Gasteiger partial charge is 0.314 e. The number of halogens is 2. The quantitative estimate of drug-likeness (QED) is 0.877. The highest BCUT2D eigenvalue weighted by molar-refractivity contribution is 6.31. The van der Waals surface area contributed by atoms with Crippen LogP contribution in [-0.2, 0) is 10.2 Å². The Kier molecular flexibility index (Phi) is 4.14. The Bertz CT molecular complexity index is 479. The number of aliphatic carboxylic acids is 1. The summed E-state index contributed by atoms with van der Waals surface area (Å²) in [6, 6.07) is 5.05. The minimum absolute atomic E-state index is 0.318. The Morgan fingerprint density at radius 2 is 2.00 bits per heavy atom. The number of rotatable bonds is 3. The predicted octanol–water partition coefficient (Wildman–Crippen LogP) is 4.66. The largest absolute Gasteiger partial charge is 0.481 e. The number of alkyl halides is 1. The maximum atomic E-state index is 13.9. The molecule has 1 unspecified atom stereocenters. The van der Waals surface area contributed by atoms with Crippen molar-refractivity contribution in [1.29, 1.82) is 0 Å². The molecule has 1 aliphatic rings. The fourth-order valence-electron chi connectivity index (χ4n) is 3.11. The Labute approximate surface area is 117 Å². The summed E-state index contributed by atoms with van der Waals surface area (Å²) in [7, 11) is 0. The van der Waals surface area contributed by atoms with Crippen molar-refractivity contribution in [3.8, 4) is 0 Å². The lowest BCUT2D eigenvalue weighted by Crippen LogP contribution is -2.38. The van der Waals surface area contributed by atoms with Crippen molar-refractivity contribution >= 4 is 17.6 Å². The van der Waals surface area contributed by atoms with E-state index in [9.17, 15) is 14.3 Å². The monoisotopic (exact) mass is 284 g/mol. The highest BCUT2D eigenvalue weighted by atomic mass is 35.5. The topological polar surface area (TPSA) is 37.3 Å². The third-order valence-corrected chi connectivity index (χ3v) is 4.41. The molecule has 0 radical (unpaired) electrons. The summed E-state index contributed by atoms with van der Waals surface area (Å²) in [5.41, 5.74) is -0.0746. The second-order valence-corrected chi connectivity index (χ2v) is 5.67. The molecule has 0 amide bonds. The van der Waals surface area contributed by atoms with Gasteiger partial charge in [-0.15, -0.1) is 0 Å². The van der Waals surface area contributed by atoms with Crippen molar-refractivity contribution in [2.75, 3.05) is 0 Å². The van der Waals surface area contributed by atoms with Crippen LogP contribution >= 0.6 is 11.6 Å². The van der Waals surface area contributed by atoms with Gasteiger partial charge in [0.1, 0.15) is 6.17 Å². The van der Waals surface area contributed by atoms with E-state index in [-0.39, 0.29) is 0 Å². The summed E-state index contributed by atoms with van der Waals surface area (Å²) in [6.07, 6.45) is 2.61. The summed E-state index contributed by atoms with van der Waals surface area (Å²) in [4.78, 5) is 11.8. The molecule has 0 heterocycles. The SMILES string of the molecule is CC(F)c1c(Cl)cccc1C1(C(=O)O)CCCCC1. The molecule has 0 spiro atoms. The number of hydrogen-bond donors (Lipinski definition) is 1. The normalized spacial score (nSPS) is 19.9. The molecule has 4 heteroatoms. The molecular formula is C15H18ClFO2. The zero-order valence-corrected chi connectivity index (χ0v) is 11.7. The van der Waals surface area contributed by atoms with Gasteiger partial charge in [0, 0.05) is 10.6 Å². The number of carboxylic acid groups (broad SMARTS) is 1. The van der Waals surface area contributed by atoms with E-state index in [1.165, 1.54) is 6.92 Å². The highest BCUT2D eigenvalue weighted by Gasteiger charge is 2.43. The molecule has 0 saturated heterocycles. The number of carbonyl (C=O) groups is 1. The third-order valence-electron chi connectivity index (χ3n) is 4.08. The zero-order valence-electron chi connectivity index (χ0n) is 11.0. The molecule has 0 aliphatic heterocycles. The van der Waals surface area contributed by atoms with Crippen LogP contribution in [0, 0.1) is 0 Å². The minimum Gasteiger partial charge on any atom is -0.481 e. The Morgan fingerprint density at radius 1 is 1.37 bits per heavy atom. The van der Waals surface area contributed by atoms with Crippen LogP contribution in [0.4, 0.5) is 4.39 Å². The van der Waals surface area contributed by atoms with Crippen molar-refractivity contribution in [2.45, 2.75) is 50.6 Å². The van der Waals surface area contributed by atoms with Crippen molar-refractivity contribution in [3.63, 3.8) is 0 Å². The molecule has 1 saturated carbocycles. The van der Waals surface area contributed by atoms with Crippen molar-refractivity contribution in [3.05, 3.63) is 34.3 Å². The number of carboxylic acids is 1. The van der Waals surface area contributed by atoms with Crippen LogP contribution in [0.15, 0.2) is 18.2 Å². The average Bonchev–Trinajstić information content (AvgIpc) is 2.38. The fraction of sp³-hybridized carbons (Fsp3) is 0.533. The summed E-state index contributed by atoms with van der Waals surface area (Å²) >= 11 is 6.08. The first-order chi connectivity index (χ1) is 8.99. The van der Waals surface area contributed by atoms with E-state index in [1.54, 1.807) is 18.2 Å². The molecule has 104 valence electrons. The van der Waals surface area contributed by atoms with Crippen LogP contribution in [0.25, 0.3) is 0 Å². The van der Waals surface area contributed by atoms with E-state index in [2.05, 4.69) is 0 Å². The van der Waals surface area contributed by atoms with Crippen molar-refractivity contribution in [1.82, 2.24) is 0 Å².